The Morgan fingerprint density at radius 3 is 2.49 bits per heavy atom. The van der Waals surface area contributed by atoms with Gasteiger partial charge in [0.25, 0.3) is 11.7 Å². The van der Waals surface area contributed by atoms with Gasteiger partial charge in [-0.3, -0.25) is 14.5 Å². The van der Waals surface area contributed by atoms with E-state index in [1.54, 1.807) is 30.3 Å². The molecule has 0 spiro atoms. The summed E-state index contributed by atoms with van der Waals surface area (Å²) < 4.78 is 11.6. The first-order chi connectivity index (χ1) is 18.1. The van der Waals surface area contributed by atoms with Crippen LogP contribution in [0.1, 0.15) is 28.5 Å². The number of rotatable bonds is 5. The van der Waals surface area contributed by atoms with E-state index < -0.39 is 17.7 Å². The standard InChI is InChI=1S/C30H23NO5S/c32-28(20-10-15-24-19(18-20)6-4-16-35-24)26-27(25-9-5-17-37-25)31(30(34)29(26)33)21-11-13-23(14-12-21)36-22-7-2-1-3-8-22/h1-3,5,7-15,17-18,27,32H,4,6,16H2/b28-26-. The van der Waals surface area contributed by atoms with Gasteiger partial charge in [0.2, 0.25) is 0 Å². The average Bonchev–Trinajstić information content (AvgIpc) is 3.56. The van der Waals surface area contributed by atoms with Gasteiger partial charge in [0.1, 0.15) is 29.0 Å². The number of fused-ring (bicyclic) bond motifs is 1. The maximum absolute atomic E-state index is 13.4. The SMILES string of the molecule is O=C1C(=O)N(c2ccc(Oc3ccccc3)cc2)C(c2cccs2)/C1=C(/O)c1ccc2c(c1)CCCO2. The monoisotopic (exact) mass is 509 g/mol. The first-order valence-electron chi connectivity index (χ1n) is 12.0. The lowest BCUT2D eigenvalue weighted by atomic mass is 9.97. The van der Waals surface area contributed by atoms with Crippen molar-refractivity contribution < 1.29 is 24.2 Å². The number of aryl methyl sites for hydroxylation is 1. The predicted molar refractivity (Wildman–Crippen MR) is 142 cm³/mol. The van der Waals surface area contributed by atoms with Crippen LogP contribution in [0.4, 0.5) is 5.69 Å². The molecule has 2 aliphatic rings. The number of amides is 1. The zero-order valence-electron chi connectivity index (χ0n) is 19.8. The summed E-state index contributed by atoms with van der Waals surface area (Å²) in [5, 5.41) is 13.3. The van der Waals surface area contributed by atoms with E-state index in [0.717, 1.165) is 29.0 Å². The maximum atomic E-state index is 13.4. The molecular formula is C30H23NO5S. The Bertz CT molecular complexity index is 1490. The zero-order chi connectivity index (χ0) is 25.4. The van der Waals surface area contributed by atoms with Crippen molar-refractivity contribution in [2.45, 2.75) is 18.9 Å². The Morgan fingerprint density at radius 1 is 0.946 bits per heavy atom. The van der Waals surface area contributed by atoms with Crippen molar-refractivity contribution in [3.63, 3.8) is 0 Å². The van der Waals surface area contributed by atoms with Crippen molar-refractivity contribution in [3.05, 3.63) is 112 Å². The molecule has 3 aromatic carbocycles. The number of nitrogens with zero attached hydrogens (tertiary/aromatic N) is 1. The van der Waals surface area contributed by atoms with Gasteiger partial charge in [-0.25, -0.2) is 0 Å². The summed E-state index contributed by atoms with van der Waals surface area (Å²) in [5.74, 6) is 0.514. The molecule has 4 aromatic rings. The number of hydrogen-bond acceptors (Lipinski definition) is 6. The van der Waals surface area contributed by atoms with E-state index >= 15 is 0 Å². The minimum absolute atomic E-state index is 0.0775. The van der Waals surface area contributed by atoms with E-state index in [2.05, 4.69) is 0 Å². The summed E-state index contributed by atoms with van der Waals surface area (Å²) in [6.45, 7) is 0.664. The molecule has 0 radical (unpaired) electrons. The van der Waals surface area contributed by atoms with Gasteiger partial charge in [-0.15, -0.1) is 11.3 Å². The molecule has 2 aliphatic heterocycles. The molecule has 3 heterocycles. The van der Waals surface area contributed by atoms with Gasteiger partial charge in [0.05, 0.1) is 12.2 Å². The normalized spacial score (nSPS) is 18.4. The molecule has 7 heteroatoms. The fraction of sp³-hybridized carbons (Fsp3) is 0.133. The van der Waals surface area contributed by atoms with Crippen LogP contribution < -0.4 is 14.4 Å². The fourth-order valence-corrected chi connectivity index (χ4v) is 5.60. The summed E-state index contributed by atoms with van der Waals surface area (Å²) in [5.41, 5.74) is 2.09. The second kappa shape index (κ2) is 9.59. The van der Waals surface area contributed by atoms with Gasteiger partial charge in [-0.1, -0.05) is 24.3 Å². The molecule has 6 rings (SSSR count). The second-order valence-corrected chi connectivity index (χ2v) is 9.85. The van der Waals surface area contributed by atoms with E-state index in [-0.39, 0.29) is 11.3 Å². The van der Waals surface area contributed by atoms with Crippen LogP contribution in [0.5, 0.6) is 17.2 Å². The molecule has 1 saturated heterocycles. The van der Waals surface area contributed by atoms with Crippen LogP contribution in [0.3, 0.4) is 0 Å². The summed E-state index contributed by atoms with van der Waals surface area (Å²) in [6.07, 6.45) is 1.72. The number of Topliss-reactive ketones (excluding diaryl/α,β-unsaturated/α-hetero) is 1. The first kappa shape index (κ1) is 23.1. The van der Waals surface area contributed by atoms with E-state index in [1.807, 2.05) is 60.0 Å². The van der Waals surface area contributed by atoms with Gasteiger partial charge >= 0.3 is 0 Å². The molecule has 6 nitrogen and oxygen atoms in total. The van der Waals surface area contributed by atoms with Crippen LogP contribution in [0.2, 0.25) is 0 Å². The predicted octanol–water partition coefficient (Wildman–Crippen LogP) is 6.49. The average molecular weight is 510 g/mol. The quantitative estimate of drug-likeness (QED) is 0.189. The van der Waals surface area contributed by atoms with E-state index in [1.165, 1.54) is 16.2 Å². The highest BCUT2D eigenvalue weighted by Gasteiger charge is 2.47. The number of anilines is 1. The Balaban J connectivity index is 1.39. The van der Waals surface area contributed by atoms with Gasteiger partial charge < -0.3 is 14.6 Å². The molecule has 37 heavy (non-hydrogen) atoms. The van der Waals surface area contributed by atoms with Gasteiger partial charge in [0.15, 0.2) is 0 Å². The zero-order valence-corrected chi connectivity index (χ0v) is 20.6. The van der Waals surface area contributed by atoms with Crippen LogP contribution in [0.15, 0.2) is 95.9 Å². The Kier molecular flexibility index (Phi) is 5.98. The number of benzene rings is 3. The number of ketones is 1. The lowest BCUT2D eigenvalue weighted by Crippen LogP contribution is -2.29. The lowest BCUT2D eigenvalue weighted by Gasteiger charge is -2.24. The summed E-state index contributed by atoms with van der Waals surface area (Å²) in [7, 11) is 0. The van der Waals surface area contributed by atoms with Crippen molar-refractivity contribution in [1.29, 1.82) is 0 Å². The summed E-state index contributed by atoms with van der Waals surface area (Å²) in [6, 6.07) is 24.8. The van der Waals surface area contributed by atoms with Crippen molar-refractivity contribution in [2.75, 3.05) is 11.5 Å². The van der Waals surface area contributed by atoms with Crippen molar-refractivity contribution in [3.8, 4) is 17.2 Å². The first-order valence-corrected chi connectivity index (χ1v) is 12.9. The third-order valence-electron chi connectivity index (χ3n) is 6.53. The number of carbonyl (C=O) groups is 2. The minimum Gasteiger partial charge on any atom is -0.507 e. The Labute approximate surface area is 218 Å². The van der Waals surface area contributed by atoms with E-state index in [0.29, 0.717) is 29.4 Å². The molecule has 1 aromatic heterocycles. The molecule has 1 unspecified atom stereocenters. The molecule has 0 aliphatic carbocycles. The van der Waals surface area contributed by atoms with Crippen LogP contribution in [-0.4, -0.2) is 23.4 Å². The van der Waals surface area contributed by atoms with Crippen LogP contribution >= 0.6 is 11.3 Å². The molecule has 0 bridgehead atoms. The summed E-state index contributed by atoms with van der Waals surface area (Å²) >= 11 is 1.43. The van der Waals surface area contributed by atoms with Gasteiger partial charge in [-0.2, -0.15) is 0 Å². The molecule has 0 saturated carbocycles. The van der Waals surface area contributed by atoms with Gasteiger partial charge in [-0.05, 0) is 84.4 Å². The molecule has 1 amide bonds. The highest BCUT2D eigenvalue weighted by atomic mass is 32.1. The third-order valence-corrected chi connectivity index (χ3v) is 7.46. The van der Waals surface area contributed by atoms with Crippen LogP contribution in [0, 0.1) is 0 Å². The van der Waals surface area contributed by atoms with Gasteiger partial charge in [0, 0.05) is 16.1 Å². The Hall–Kier alpha value is -4.36. The fourth-order valence-electron chi connectivity index (χ4n) is 4.78. The van der Waals surface area contributed by atoms with Crippen LogP contribution in [-0.2, 0) is 16.0 Å². The number of aliphatic hydroxyl groups excluding tert-OH is 1. The lowest BCUT2D eigenvalue weighted by molar-refractivity contribution is -0.132. The largest absolute Gasteiger partial charge is 0.507 e. The van der Waals surface area contributed by atoms with E-state index in [4.69, 9.17) is 9.47 Å². The second-order valence-electron chi connectivity index (χ2n) is 8.87. The summed E-state index contributed by atoms with van der Waals surface area (Å²) in [4.78, 5) is 28.9. The third kappa shape index (κ3) is 4.27. The van der Waals surface area contributed by atoms with Crippen molar-refractivity contribution >= 4 is 34.5 Å². The van der Waals surface area contributed by atoms with Crippen molar-refractivity contribution in [2.24, 2.45) is 0 Å². The number of carbonyl (C=O) groups excluding carboxylic acids is 2. The number of para-hydroxylation sites is 1. The molecular weight excluding hydrogens is 486 g/mol. The molecule has 184 valence electrons. The molecule has 1 atom stereocenters. The van der Waals surface area contributed by atoms with E-state index in [9.17, 15) is 14.7 Å². The topological polar surface area (TPSA) is 76.1 Å². The van der Waals surface area contributed by atoms with Crippen LogP contribution in [0.25, 0.3) is 5.76 Å². The van der Waals surface area contributed by atoms with Crippen molar-refractivity contribution in [1.82, 2.24) is 0 Å². The highest BCUT2D eigenvalue weighted by Crippen LogP contribution is 2.44. The number of ether oxygens (including phenoxy) is 2. The maximum Gasteiger partial charge on any atom is 0.300 e. The smallest absolute Gasteiger partial charge is 0.300 e. The Morgan fingerprint density at radius 2 is 1.73 bits per heavy atom. The molecule has 1 fully saturated rings. The molecule has 1 N–H and O–H groups in total. The highest BCUT2D eigenvalue weighted by molar-refractivity contribution is 7.10. The number of aliphatic hydroxyl groups is 1. The number of hydrogen-bond donors (Lipinski definition) is 1. The minimum atomic E-state index is -0.742. The number of thiophene rings is 1.